The number of hydrogen-bond donors (Lipinski definition) is 2. The maximum Gasteiger partial charge on any atom is 0.180 e. The van der Waals surface area contributed by atoms with E-state index in [-0.39, 0.29) is 0 Å². The predicted molar refractivity (Wildman–Crippen MR) is 70.9 cm³/mol. The van der Waals surface area contributed by atoms with Crippen LogP contribution in [0.5, 0.6) is 0 Å². The molecule has 1 aliphatic rings. The summed E-state index contributed by atoms with van der Waals surface area (Å²) in [4.78, 5) is 5.26. The quantitative estimate of drug-likeness (QED) is 0.873. The van der Waals surface area contributed by atoms with Gasteiger partial charge in [0.05, 0.1) is 0 Å². The van der Waals surface area contributed by atoms with Crippen molar-refractivity contribution in [2.45, 2.75) is 25.4 Å². The summed E-state index contributed by atoms with van der Waals surface area (Å²) in [5.74, 6) is 0. The van der Waals surface area contributed by atoms with Crippen molar-refractivity contribution in [3.63, 3.8) is 0 Å². The summed E-state index contributed by atoms with van der Waals surface area (Å²) in [5, 5.41) is 4.23. The molecule has 3 N–H and O–H groups in total. The van der Waals surface area contributed by atoms with E-state index in [1.54, 1.807) is 11.3 Å². The van der Waals surface area contributed by atoms with E-state index in [1.165, 1.54) is 28.8 Å². The molecule has 0 amide bonds. The third kappa shape index (κ3) is 2.18. The topological polar surface area (TPSA) is 50.9 Å². The van der Waals surface area contributed by atoms with E-state index in [2.05, 4.69) is 34.6 Å². The van der Waals surface area contributed by atoms with Gasteiger partial charge < -0.3 is 11.1 Å². The van der Waals surface area contributed by atoms with E-state index in [9.17, 15) is 0 Å². The van der Waals surface area contributed by atoms with Gasteiger partial charge >= 0.3 is 0 Å². The molecule has 1 atom stereocenters. The van der Waals surface area contributed by atoms with Crippen molar-refractivity contribution in [1.29, 1.82) is 0 Å². The monoisotopic (exact) mass is 245 g/mol. The molecule has 0 bridgehead atoms. The average molecular weight is 245 g/mol. The molecule has 4 heteroatoms. The molecule has 1 heterocycles. The lowest BCUT2D eigenvalue weighted by Gasteiger charge is -2.12. The van der Waals surface area contributed by atoms with E-state index in [0.717, 1.165) is 6.54 Å². The number of thiazole rings is 1. The third-order valence-electron chi connectivity index (χ3n) is 3.23. The second kappa shape index (κ2) is 4.47. The van der Waals surface area contributed by atoms with Crippen LogP contribution in [0.1, 0.15) is 28.5 Å². The summed E-state index contributed by atoms with van der Waals surface area (Å²) < 4.78 is 0. The largest absolute Gasteiger partial charge is 0.375 e. The molecule has 0 aliphatic heterocycles. The predicted octanol–water partition coefficient (Wildman–Crippen LogP) is 2.50. The fourth-order valence-corrected chi connectivity index (χ4v) is 3.03. The average Bonchev–Trinajstić information content (AvgIpc) is 2.93. The SMILES string of the molecule is Nc1ncc(CNC2CCc3ccccc32)s1. The molecule has 3 rings (SSSR count). The van der Waals surface area contributed by atoms with E-state index >= 15 is 0 Å². The summed E-state index contributed by atoms with van der Waals surface area (Å²) in [6.07, 6.45) is 4.22. The normalized spacial score (nSPS) is 18.2. The lowest BCUT2D eigenvalue weighted by Crippen LogP contribution is -2.17. The number of nitrogens with zero attached hydrogens (tertiary/aromatic N) is 1. The highest BCUT2D eigenvalue weighted by Gasteiger charge is 2.21. The molecule has 2 aromatic rings. The van der Waals surface area contributed by atoms with Gasteiger partial charge in [0.2, 0.25) is 0 Å². The van der Waals surface area contributed by atoms with Crippen LogP contribution in [0.25, 0.3) is 0 Å². The van der Waals surface area contributed by atoms with Gasteiger partial charge in [-0.3, -0.25) is 0 Å². The highest BCUT2D eigenvalue weighted by atomic mass is 32.1. The Bertz CT molecular complexity index is 521. The Kier molecular flexibility index (Phi) is 2.82. The fourth-order valence-electron chi connectivity index (χ4n) is 2.40. The number of nitrogen functional groups attached to an aromatic ring is 1. The number of hydrogen-bond acceptors (Lipinski definition) is 4. The van der Waals surface area contributed by atoms with Gasteiger partial charge in [0, 0.05) is 23.7 Å². The summed E-state index contributed by atoms with van der Waals surface area (Å²) in [7, 11) is 0. The van der Waals surface area contributed by atoms with Crippen molar-refractivity contribution in [2.75, 3.05) is 5.73 Å². The zero-order valence-corrected chi connectivity index (χ0v) is 10.3. The minimum absolute atomic E-state index is 0.481. The van der Waals surface area contributed by atoms with Gasteiger partial charge in [0.1, 0.15) is 0 Å². The van der Waals surface area contributed by atoms with Gasteiger partial charge in [-0.15, -0.1) is 11.3 Å². The molecule has 1 aliphatic carbocycles. The fraction of sp³-hybridized carbons (Fsp3) is 0.308. The number of aryl methyl sites for hydroxylation is 1. The third-order valence-corrected chi connectivity index (χ3v) is 4.05. The van der Waals surface area contributed by atoms with Crippen LogP contribution < -0.4 is 11.1 Å². The number of nitrogens with two attached hydrogens (primary N) is 1. The van der Waals surface area contributed by atoms with Gasteiger partial charge in [0.15, 0.2) is 5.13 Å². The first-order valence-corrected chi connectivity index (χ1v) is 6.66. The number of aromatic nitrogens is 1. The Balaban J connectivity index is 1.68. The van der Waals surface area contributed by atoms with E-state index in [1.807, 2.05) is 6.20 Å². The van der Waals surface area contributed by atoms with Crippen LogP contribution in [0.2, 0.25) is 0 Å². The Morgan fingerprint density at radius 1 is 1.41 bits per heavy atom. The Labute approximate surface area is 105 Å². The van der Waals surface area contributed by atoms with Gasteiger partial charge in [-0.1, -0.05) is 24.3 Å². The minimum atomic E-state index is 0.481. The molecule has 88 valence electrons. The number of rotatable bonds is 3. The molecule has 1 aromatic carbocycles. The smallest absolute Gasteiger partial charge is 0.180 e. The van der Waals surface area contributed by atoms with Crippen LogP contribution in [0, 0.1) is 0 Å². The molecule has 3 nitrogen and oxygen atoms in total. The molecular formula is C13H15N3S. The highest BCUT2D eigenvalue weighted by Crippen LogP contribution is 2.31. The first kappa shape index (κ1) is 10.7. The highest BCUT2D eigenvalue weighted by molar-refractivity contribution is 7.15. The van der Waals surface area contributed by atoms with E-state index in [0.29, 0.717) is 11.2 Å². The van der Waals surface area contributed by atoms with E-state index in [4.69, 9.17) is 5.73 Å². The zero-order chi connectivity index (χ0) is 11.7. The van der Waals surface area contributed by atoms with Crippen molar-refractivity contribution in [3.05, 3.63) is 46.5 Å². The molecular weight excluding hydrogens is 230 g/mol. The molecule has 1 aromatic heterocycles. The molecule has 17 heavy (non-hydrogen) atoms. The zero-order valence-electron chi connectivity index (χ0n) is 9.52. The van der Waals surface area contributed by atoms with Crippen LogP contribution in [-0.4, -0.2) is 4.98 Å². The van der Waals surface area contributed by atoms with Crippen LogP contribution in [0.15, 0.2) is 30.5 Å². The second-order valence-corrected chi connectivity index (χ2v) is 5.48. The number of fused-ring (bicyclic) bond motifs is 1. The van der Waals surface area contributed by atoms with E-state index < -0.39 is 0 Å². The van der Waals surface area contributed by atoms with Crippen LogP contribution in [0.4, 0.5) is 5.13 Å². The van der Waals surface area contributed by atoms with Crippen molar-refractivity contribution in [3.8, 4) is 0 Å². The van der Waals surface area contributed by atoms with Gasteiger partial charge in [-0.05, 0) is 24.0 Å². The van der Waals surface area contributed by atoms with Crippen molar-refractivity contribution < 1.29 is 0 Å². The first-order chi connectivity index (χ1) is 8.33. The van der Waals surface area contributed by atoms with Crippen molar-refractivity contribution in [2.24, 2.45) is 0 Å². The lowest BCUT2D eigenvalue weighted by molar-refractivity contribution is 0.533. The summed E-state index contributed by atoms with van der Waals surface area (Å²) in [6, 6.07) is 9.16. The number of nitrogens with one attached hydrogen (secondary N) is 1. The first-order valence-electron chi connectivity index (χ1n) is 5.84. The number of anilines is 1. The molecule has 1 unspecified atom stereocenters. The minimum Gasteiger partial charge on any atom is -0.375 e. The molecule has 0 spiro atoms. The van der Waals surface area contributed by atoms with Gasteiger partial charge in [0.25, 0.3) is 0 Å². The van der Waals surface area contributed by atoms with Crippen LogP contribution >= 0.6 is 11.3 Å². The maximum absolute atomic E-state index is 5.62. The maximum atomic E-state index is 5.62. The molecule has 0 saturated heterocycles. The summed E-state index contributed by atoms with van der Waals surface area (Å²) >= 11 is 1.56. The Hall–Kier alpha value is -1.39. The summed E-state index contributed by atoms with van der Waals surface area (Å²) in [5.41, 5.74) is 8.55. The Morgan fingerprint density at radius 2 is 2.29 bits per heavy atom. The number of benzene rings is 1. The summed E-state index contributed by atoms with van der Waals surface area (Å²) in [6.45, 7) is 0.855. The second-order valence-electron chi connectivity index (χ2n) is 4.34. The van der Waals surface area contributed by atoms with Gasteiger partial charge in [-0.25, -0.2) is 4.98 Å². The molecule has 0 fully saturated rings. The standard InChI is InChI=1S/C13H15N3S/c14-13-16-8-10(17-13)7-15-12-6-5-9-3-1-2-4-11(9)12/h1-4,8,12,15H,5-7H2,(H2,14,16). The van der Waals surface area contributed by atoms with Gasteiger partial charge in [-0.2, -0.15) is 0 Å². The molecule has 0 radical (unpaired) electrons. The van der Waals surface area contributed by atoms with Crippen LogP contribution in [0.3, 0.4) is 0 Å². The lowest BCUT2D eigenvalue weighted by atomic mass is 10.1. The Morgan fingerprint density at radius 3 is 3.12 bits per heavy atom. The van der Waals surface area contributed by atoms with Crippen molar-refractivity contribution in [1.82, 2.24) is 10.3 Å². The van der Waals surface area contributed by atoms with Crippen LogP contribution in [-0.2, 0) is 13.0 Å². The molecule has 0 saturated carbocycles. The van der Waals surface area contributed by atoms with Crippen molar-refractivity contribution >= 4 is 16.5 Å².